The molecular weight excluding hydrogens is 1940 g/mol. The molecule has 28 N–H and O–H groups in total. The molecule has 3 aromatic rings. The standard InChI is InChI=1S/C96H151N29O24/c1-60(126)110-69-39-44-104-78(128)38-37-70(115-90(143)71(52-61-55-108-64-28-16-15-27-63(61)64)116-86(139)66(31-22-42-106-95(98)99)111-79(129)56-109-85(138)72(117-89(69)142)53-62-26-21-41-102-62)93(146)125-48-25-34-75(125)94(147)124-47-24-33-74(124)92(145)114-68(32-23-43-107-96(100)101)88(141)118-73(54-81(131)132)91(144)113-67(30-18-20-46-123(57-82(133)134)58-83(135)136)87(140)112-65(84(97)137)29-17-19-40-103-80(130)59-149-51-50-148-49-45-105-77(127)36-14-12-10-8-6-4-2-3-5-7-9-11-13-35-76-119-121-122-120-76/h15-16,26-28,41,55,65-75,108H,2-14,17-25,29-40,42-54,56-59H2,1H3,(H2,97,137)(H,103,130)(H,104,128)(H,105,127)(H,109,138)(H,110,126)(H,111,129)(H,112,140)(H,113,144)(H,114,145)(H,115,143)(H,116,139)(H,117,142)(H,118,141)(H,131,132)(H,133,134)(H,135,136)(H4,98,99,106)(H4,100,101,107)(H,119,120,121,122)/t65-,66-,67-,68-,69-,70-,71-,72-,73-,74-,75-/m0/s1. The minimum Gasteiger partial charge on any atom is -0.481 e. The number of aliphatic carboxylic acids is 3. The van der Waals surface area contributed by atoms with Crippen molar-refractivity contribution in [2.75, 3.05) is 98.4 Å². The number of aryl methyl sites for hydroxylation is 1. The molecule has 7 rings (SSSR count). The maximum absolute atomic E-state index is 15.6. The average molecular weight is 2100 g/mol. The quantitative estimate of drug-likeness (QED) is 0.0152. The predicted molar refractivity (Wildman–Crippen MR) is 540 cm³/mol. The van der Waals surface area contributed by atoms with Crippen LogP contribution >= 0.6 is 0 Å². The van der Waals surface area contributed by atoms with Gasteiger partial charge >= 0.3 is 17.9 Å². The van der Waals surface area contributed by atoms with Gasteiger partial charge in [0.05, 0.1) is 45.9 Å². The third-order valence-corrected chi connectivity index (χ3v) is 25.4. The highest BCUT2D eigenvalue weighted by atomic mass is 16.5. The van der Waals surface area contributed by atoms with Gasteiger partial charge in [-0.25, -0.2) is 5.10 Å². The number of aromatic nitrogens is 5. The van der Waals surface area contributed by atoms with E-state index >= 15 is 14.4 Å². The number of nitrogens with two attached hydrogens (primary N) is 3. The van der Waals surface area contributed by atoms with Crippen molar-refractivity contribution >= 4 is 141 Å². The highest BCUT2D eigenvalue weighted by molar-refractivity contribution is 6.01. The van der Waals surface area contributed by atoms with Gasteiger partial charge in [-0.1, -0.05) is 94.9 Å². The first-order valence-corrected chi connectivity index (χ1v) is 51.4. The number of hydrogen-bond donors (Lipinski definition) is 25. The van der Waals surface area contributed by atoms with Crippen molar-refractivity contribution in [3.63, 3.8) is 0 Å². The normalized spacial score (nSPS) is 18.8. The molecule has 2 aromatic heterocycles. The number of benzene rings is 1. The molecule has 0 saturated carbocycles. The molecule has 4 aliphatic rings. The molecule has 6 heterocycles. The van der Waals surface area contributed by atoms with E-state index in [9.17, 15) is 92.0 Å². The van der Waals surface area contributed by atoms with Crippen LogP contribution in [0.3, 0.4) is 0 Å². The number of rotatable bonds is 64. The number of H-pyrrole nitrogens is 2. The number of aliphatic imine (C=N–C) groups is 1. The van der Waals surface area contributed by atoms with E-state index in [-0.39, 0.29) is 187 Å². The van der Waals surface area contributed by atoms with Gasteiger partial charge in [0.1, 0.15) is 78.9 Å². The number of amides is 16. The van der Waals surface area contributed by atoms with Crippen LogP contribution in [0.4, 0.5) is 0 Å². The summed E-state index contributed by atoms with van der Waals surface area (Å²) in [5, 5.41) is 98.4. The molecule has 0 spiro atoms. The van der Waals surface area contributed by atoms with E-state index in [2.05, 4.69) is 110 Å². The number of nitrogens with one attached hydrogen (secondary N) is 19. The largest absolute Gasteiger partial charge is 0.481 e. The number of carbonyl (C=O) groups is 19. The highest BCUT2D eigenvalue weighted by Crippen LogP contribution is 2.28. The molecule has 3 fully saturated rings. The van der Waals surface area contributed by atoms with E-state index in [1.165, 1.54) is 61.2 Å². The maximum atomic E-state index is 15.6. The van der Waals surface area contributed by atoms with Crippen molar-refractivity contribution in [3.05, 3.63) is 53.6 Å². The molecule has 4 aliphatic heterocycles. The van der Waals surface area contributed by atoms with Crippen LogP contribution in [0.1, 0.15) is 237 Å². The Balaban J connectivity index is 0.992. The van der Waals surface area contributed by atoms with E-state index < -0.39 is 224 Å². The molecule has 0 aliphatic carbocycles. The molecule has 11 atom stereocenters. The number of para-hydroxylation sites is 1. The first kappa shape index (κ1) is 122. The van der Waals surface area contributed by atoms with Gasteiger partial charge in [0.15, 0.2) is 11.9 Å². The van der Waals surface area contributed by atoms with Gasteiger partial charge in [-0.3, -0.25) is 112 Å². The molecule has 1 aromatic carbocycles. The van der Waals surface area contributed by atoms with Crippen molar-refractivity contribution in [2.24, 2.45) is 22.2 Å². The third kappa shape index (κ3) is 47.1. The summed E-state index contributed by atoms with van der Waals surface area (Å²) in [7, 11) is 0. The molecule has 824 valence electrons. The van der Waals surface area contributed by atoms with Crippen LogP contribution < -0.4 is 97.0 Å². The number of nitrogens with zero attached hydrogens (tertiary/aromatic N) is 7. The number of ether oxygens (including phenoxy) is 2. The summed E-state index contributed by atoms with van der Waals surface area (Å²) in [5.41, 5.74) is 18.5. The lowest BCUT2D eigenvalue weighted by atomic mass is 10.0. The number of guanidine groups is 2. The van der Waals surface area contributed by atoms with Crippen molar-refractivity contribution in [1.82, 2.24) is 120 Å². The Morgan fingerprint density at radius 1 is 0.550 bits per heavy atom. The second-order valence-corrected chi connectivity index (χ2v) is 37.4. The number of carbonyl (C=O) groups excluding carboxylic acids is 16. The van der Waals surface area contributed by atoms with Gasteiger partial charge in [-0.05, 0) is 144 Å². The molecule has 149 heavy (non-hydrogen) atoms. The Morgan fingerprint density at radius 3 is 1.79 bits per heavy atom. The smallest absolute Gasteiger partial charge is 0.317 e. The number of carboxylic acids is 3. The first-order valence-electron chi connectivity index (χ1n) is 51.4. The summed E-state index contributed by atoms with van der Waals surface area (Å²) >= 11 is 0. The van der Waals surface area contributed by atoms with Crippen LogP contribution in [-0.2, 0) is 113 Å². The molecule has 16 amide bonds. The average Bonchev–Trinajstić information content (AvgIpc) is 1.65. The lowest BCUT2D eigenvalue weighted by Crippen LogP contribution is -2.60. The number of primary amides is 1. The van der Waals surface area contributed by atoms with Crippen LogP contribution in [-0.4, -0.2) is 351 Å². The number of tetrazole rings is 1. The molecule has 3 saturated heterocycles. The summed E-state index contributed by atoms with van der Waals surface area (Å²) in [6, 6.07) is -10.1. The fourth-order valence-electron chi connectivity index (χ4n) is 17.7. The summed E-state index contributed by atoms with van der Waals surface area (Å²) < 4.78 is 11.0. The van der Waals surface area contributed by atoms with Crippen LogP contribution in [0.2, 0.25) is 0 Å². The Hall–Kier alpha value is -14.4. The summed E-state index contributed by atoms with van der Waals surface area (Å²) in [6.07, 6.45) is 18.4. The van der Waals surface area contributed by atoms with Crippen LogP contribution in [0, 0.1) is 10.8 Å². The first-order chi connectivity index (χ1) is 71.5. The summed E-state index contributed by atoms with van der Waals surface area (Å²) in [4.78, 5) is 274. The van der Waals surface area contributed by atoms with E-state index in [1.54, 1.807) is 42.8 Å². The lowest BCUT2D eigenvalue weighted by molar-refractivity contribution is -0.148. The van der Waals surface area contributed by atoms with Crippen LogP contribution in [0.25, 0.3) is 10.9 Å². The molecular formula is C96H151N29O24. The topological polar surface area (TPSA) is 802 Å². The van der Waals surface area contributed by atoms with Gasteiger partial charge in [0, 0.05) is 120 Å². The maximum Gasteiger partial charge on any atom is 0.317 e. The van der Waals surface area contributed by atoms with Gasteiger partial charge in [0.25, 0.3) is 0 Å². The fourth-order valence-corrected chi connectivity index (χ4v) is 17.7. The number of unbranched alkanes of at least 4 members (excludes halogenated alkanes) is 14. The van der Waals surface area contributed by atoms with Crippen molar-refractivity contribution in [1.29, 1.82) is 10.8 Å². The number of aromatic amines is 2. The summed E-state index contributed by atoms with van der Waals surface area (Å²) in [6.45, 7) is -1.18. The Bertz CT molecular complexity index is 4990. The second kappa shape index (κ2) is 67.5. The lowest BCUT2D eigenvalue weighted by Gasteiger charge is -2.34. The monoisotopic (exact) mass is 2090 g/mol. The zero-order valence-corrected chi connectivity index (χ0v) is 84.7. The number of allylic oxidation sites excluding steroid dienone is 1. The van der Waals surface area contributed by atoms with Crippen LogP contribution in [0.15, 0.2) is 47.2 Å². The van der Waals surface area contributed by atoms with Crippen molar-refractivity contribution in [3.8, 4) is 0 Å². The highest BCUT2D eigenvalue weighted by Gasteiger charge is 2.46. The van der Waals surface area contributed by atoms with Crippen molar-refractivity contribution < 1.29 is 116 Å². The van der Waals surface area contributed by atoms with E-state index in [1.807, 2.05) is 0 Å². The second-order valence-electron chi connectivity index (χ2n) is 37.4. The number of likely N-dealkylation sites (tertiary alicyclic amines) is 2. The zero-order valence-electron chi connectivity index (χ0n) is 84.7. The number of hydrogen-bond acceptors (Lipinski definition) is 28. The molecule has 53 nitrogen and oxygen atoms in total. The van der Waals surface area contributed by atoms with Gasteiger partial charge in [-0.2, -0.15) is 0 Å². The van der Waals surface area contributed by atoms with Gasteiger partial charge in [-0.15, -0.1) is 5.10 Å². The van der Waals surface area contributed by atoms with Gasteiger partial charge in [0.2, 0.25) is 94.5 Å². The van der Waals surface area contributed by atoms with Crippen LogP contribution in [0.5, 0.6) is 0 Å². The van der Waals surface area contributed by atoms with E-state index in [0.29, 0.717) is 41.5 Å². The SMILES string of the molecule is CC(=O)N[C@H]1CCNC(=O)CC[C@@H](C(=O)N2CCC[C@H]2C(=O)N2CCC[C@H]2C(=O)N[C@@H](CCCNC(=N)N)C(=O)N[C@@H](CC(=O)O)C(=O)N[C@@H](CCCCN(CC(=O)O)CC(=O)O)C(=O)N[C@@H](CCCCNC(=O)COCCOCCNC(=O)CCCCCCCCCCCCCCCc2nnn[nH]2)C(N)=O)NC(=O)[C@H](Cc2c[nH]c3ccccc23)NC(=O)[C@H](CCCNC(=N)N)NC(=O)CNC(=O)[C@H](CC2=CCC=N2)NC1=O. The van der Waals surface area contributed by atoms with Gasteiger partial charge < -0.3 is 137 Å². The zero-order chi connectivity index (χ0) is 108. The van der Waals surface area contributed by atoms with E-state index in [0.717, 1.165) is 56.2 Å². The Morgan fingerprint density at radius 2 is 1.13 bits per heavy atom. The molecule has 0 bridgehead atoms. The molecule has 0 unspecified atom stereocenters. The minimum absolute atomic E-state index is 0.00924. The number of carboxylic acid groups (broad SMARTS) is 3. The molecule has 53 heteroatoms. The molecule has 0 radical (unpaired) electrons. The van der Waals surface area contributed by atoms with Crippen molar-refractivity contribution in [2.45, 2.75) is 305 Å². The third-order valence-electron chi connectivity index (χ3n) is 25.4. The minimum atomic E-state index is -2.06. The van der Waals surface area contributed by atoms with E-state index in [4.69, 9.17) is 37.5 Å². The number of fused-ring (bicyclic) bond motifs is 1. The summed E-state index contributed by atoms with van der Waals surface area (Å²) in [5.74, 6) is -18.0. The fraction of sp³-hybridized carbons (Fsp3) is 0.656. The Labute approximate surface area is 863 Å². The predicted octanol–water partition coefficient (Wildman–Crippen LogP) is -2.98. The Kier molecular flexibility index (Phi) is 55.0.